The smallest absolute Gasteiger partial charge is 0.224 e. The highest BCUT2D eigenvalue weighted by Gasteiger charge is 2.14. The number of thiophene rings is 1. The molecule has 0 aliphatic heterocycles. The number of fused-ring (bicyclic) bond motifs is 1. The van der Waals surface area contributed by atoms with E-state index in [4.69, 9.17) is 5.73 Å². The van der Waals surface area contributed by atoms with E-state index < -0.39 is 0 Å². The molecule has 20 heavy (non-hydrogen) atoms. The van der Waals surface area contributed by atoms with Crippen molar-refractivity contribution < 1.29 is 0 Å². The Labute approximate surface area is 128 Å². The maximum absolute atomic E-state index is 5.76. The van der Waals surface area contributed by atoms with Crippen molar-refractivity contribution in [1.29, 1.82) is 0 Å². The molecule has 3 heterocycles. The molecule has 0 amide bonds. The highest BCUT2D eigenvalue weighted by Crippen LogP contribution is 2.30. The first-order chi connectivity index (χ1) is 9.54. The molecule has 104 valence electrons. The number of nitrogens with zero attached hydrogens (tertiary/aromatic N) is 4. The van der Waals surface area contributed by atoms with E-state index in [1.54, 1.807) is 22.2 Å². The first kappa shape index (κ1) is 13.3. The molecule has 6 nitrogen and oxygen atoms in total. The highest BCUT2D eigenvalue weighted by atomic mass is 79.9. The molecule has 0 saturated carbocycles. The van der Waals surface area contributed by atoms with E-state index in [1.165, 1.54) is 4.88 Å². The highest BCUT2D eigenvalue weighted by molar-refractivity contribution is 9.11. The standard InChI is InChI=1S/C12H13BrN6S/c1-6(8-3-4-9(13)20-8)16-10-7-5-15-19(2)11(7)18-12(14)17-10/h3-6H,1-2H3,(H3,14,16,17,18)/t6-/m0/s1. The summed E-state index contributed by atoms with van der Waals surface area (Å²) in [6.45, 7) is 2.08. The van der Waals surface area contributed by atoms with Crippen LogP contribution in [0, 0.1) is 0 Å². The Morgan fingerprint density at radius 2 is 2.20 bits per heavy atom. The Hall–Kier alpha value is -1.67. The lowest BCUT2D eigenvalue weighted by Crippen LogP contribution is -2.09. The SMILES string of the molecule is C[C@H](Nc1nc(N)nc2c1cnn2C)c1ccc(Br)s1. The summed E-state index contributed by atoms with van der Waals surface area (Å²) in [6, 6.07) is 4.24. The maximum atomic E-state index is 5.76. The zero-order valence-corrected chi connectivity index (χ0v) is 13.4. The van der Waals surface area contributed by atoms with E-state index >= 15 is 0 Å². The Balaban J connectivity index is 1.98. The third kappa shape index (κ3) is 2.36. The van der Waals surface area contributed by atoms with Gasteiger partial charge in [0.05, 0.1) is 21.4 Å². The molecule has 3 rings (SSSR count). The number of aryl methyl sites for hydroxylation is 1. The van der Waals surface area contributed by atoms with Crippen LogP contribution in [0.4, 0.5) is 11.8 Å². The summed E-state index contributed by atoms with van der Waals surface area (Å²) in [6.07, 6.45) is 1.74. The van der Waals surface area contributed by atoms with Gasteiger partial charge >= 0.3 is 0 Å². The lowest BCUT2D eigenvalue weighted by molar-refractivity contribution is 0.786. The van der Waals surface area contributed by atoms with Gasteiger partial charge in [-0.05, 0) is 35.0 Å². The van der Waals surface area contributed by atoms with Crippen molar-refractivity contribution >= 4 is 50.1 Å². The van der Waals surface area contributed by atoms with Crippen LogP contribution in [0.1, 0.15) is 17.8 Å². The molecule has 8 heteroatoms. The van der Waals surface area contributed by atoms with Gasteiger partial charge in [-0.1, -0.05) is 0 Å². The molecule has 0 fully saturated rings. The topological polar surface area (TPSA) is 81.7 Å². The number of anilines is 2. The number of nitrogen functional groups attached to an aromatic ring is 1. The zero-order chi connectivity index (χ0) is 14.3. The number of nitrogens with one attached hydrogen (secondary N) is 1. The van der Waals surface area contributed by atoms with Crippen molar-refractivity contribution in [2.24, 2.45) is 7.05 Å². The summed E-state index contributed by atoms with van der Waals surface area (Å²) in [5.41, 5.74) is 6.48. The van der Waals surface area contributed by atoms with E-state index in [1.807, 2.05) is 13.1 Å². The van der Waals surface area contributed by atoms with E-state index in [0.717, 1.165) is 14.8 Å². The van der Waals surface area contributed by atoms with Gasteiger partial charge in [-0.25, -0.2) is 0 Å². The summed E-state index contributed by atoms with van der Waals surface area (Å²) in [4.78, 5) is 9.70. The van der Waals surface area contributed by atoms with Crippen molar-refractivity contribution in [3.05, 3.63) is 27.0 Å². The molecule has 0 saturated heterocycles. The van der Waals surface area contributed by atoms with Crippen molar-refractivity contribution in [3.63, 3.8) is 0 Å². The molecule has 0 unspecified atom stereocenters. The quantitative estimate of drug-likeness (QED) is 0.757. The van der Waals surface area contributed by atoms with Crippen LogP contribution in [-0.4, -0.2) is 19.7 Å². The Kier molecular flexibility index (Phi) is 3.35. The summed E-state index contributed by atoms with van der Waals surface area (Å²) in [5.74, 6) is 0.945. The van der Waals surface area contributed by atoms with Crippen molar-refractivity contribution in [2.45, 2.75) is 13.0 Å². The van der Waals surface area contributed by atoms with Gasteiger partial charge in [-0.3, -0.25) is 4.68 Å². The molecule has 0 aliphatic carbocycles. The van der Waals surface area contributed by atoms with E-state index in [2.05, 4.69) is 49.3 Å². The average molecular weight is 353 g/mol. The molecule has 3 aromatic heterocycles. The summed E-state index contributed by atoms with van der Waals surface area (Å²) >= 11 is 5.16. The van der Waals surface area contributed by atoms with Crippen LogP contribution in [-0.2, 0) is 7.05 Å². The number of hydrogen-bond acceptors (Lipinski definition) is 6. The van der Waals surface area contributed by atoms with E-state index in [9.17, 15) is 0 Å². The molecule has 0 radical (unpaired) electrons. The molecule has 3 aromatic rings. The number of halogens is 1. The van der Waals surface area contributed by atoms with Gasteiger partial charge in [0.2, 0.25) is 5.95 Å². The first-order valence-corrected chi connectivity index (χ1v) is 7.62. The first-order valence-electron chi connectivity index (χ1n) is 6.01. The molecule has 0 bridgehead atoms. The van der Waals surface area contributed by atoms with Crippen molar-refractivity contribution in [2.75, 3.05) is 11.1 Å². The van der Waals surface area contributed by atoms with Gasteiger partial charge < -0.3 is 11.1 Å². The number of nitrogens with two attached hydrogens (primary N) is 1. The van der Waals surface area contributed by atoms with Gasteiger partial charge in [-0.15, -0.1) is 11.3 Å². The predicted octanol–water partition coefficient (Wildman–Crippen LogP) is 2.94. The lowest BCUT2D eigenvalue weighted by Gasteiger charge is -2.13. The monoisotopic (exact) mass is 352 g/mol. The van der Waals surface area contributed by atoms with Gasteiger partial charge in [0.15, 0.2) is 5.65 Å². The Morgan fingerprint density at radius 3 is 2.90 bits per heavy atom. The summed E-state index contributed by atoms with van der Waals surface area (Å²) in [7, 11) is 1.83. The minimum absolute atomic E-state index is 0.129. The predicted molar refractivity (Wildman–Crippen MR) is 84.8 cm³/mol. The fourth-order valence-electron chi connectivity index (χ4n) is 1.99. The van der Waals surface area contributed by atoms with Crippen molar-refractivity contribution in [3.8, 4) is 0 Å². The van der Waals surface area contributed by atoms with Crippen LogP contribution < -0.4 is 11.1 Å². The Morgan fingerprint density at radius 1 is 1.40 bits per heavy atom. The minimum Gasteiger partial charge on any atom is -0.368 e. The van der Waals surface area contributed by atoms with Crippen LogP contribution in [0.25, 0.3) is 11.0 Å². The van der Waals surface area contributed by atoms with Gasteiger partial charge in [0.25, 0.3) is 0 Å². The van der Waals surface area contributed by atoms with Gasteiger partial charge in [0, 0.05) is 11.9 Å². The van der Waals surface area contributed by atoms with Crippen LogP contribution in [0.2, 0.25) is 0 Å². The molecule has 3 N–H and O–H groups in total. The number of aromatic nitrogens is 4. The Bertz CT molecular complexity index is 764. The summed E-state index contributed by atoms with van der Waals surface area (Å²) in [5, 5.41) is 8.43. The van der Waals surface area contributed by atoms with Crippen molar-refractivity contribution in [1.82, 2.24) is 19.7 Å². The average Bonchev–Trinajstić information content (AvgIpc) is 2.97. The fraction of sp³-hybridized carbons (Fsp3) is 0.250. The van der Waals surface area contributed by atoms with E-state index in [-0.39, 0.29) is 12.0 Å². The molecule has 0 spiro atoms. The number of hydrogen-bond donors (Lipinski definition) is 2. The molecular formula is C12H13BrN6S. The van der Waals surface area contributed by atoms with Gasteiger partial charge in [-0.2, -0.15) is 15.1 Å². The number of rotatable bonds is 3. The largest absolute Gasteiger partial charge is 0.368 e. The fourth-order valence-corrected chi connectivity index (χ4v) is 3.41. The van der Waals surface area contributed by atoms with Crippen LogP contribution in [0.15, 0.2) is 22.1 Å². The zero-order valence-electron chi connectivity index (χ0n) is 11.0. The molecule has 1 atom stereocenters. The maximum Gasteiger partial charge on any atom is 0.224 e. The molecule has 0 aromatic carbocycles. The van der Waals surface area contributed by atoms with E-state index in [0.29, 0.717) is 5.82 Å². The second kappa shape index (κ2) is 5.02. The molecule has 0 aliphatic rings. The normalized spacial score (nSPS) is 12.8. The third-order valence-electron chi connectivity index (χ3n) is 2.98. The second-order valence-electron chi connectivity index (χ2n) is 4.44. The minimum atomic E-state index is 0.129. The third-order valence-corrected chi connectivity index (χ3v) is 4.79. The lowest BCUT2D eigenvalue weighted by atomic mass is 10.2. The van der Waals surface area contributed by atoms with Gasteiger partial charge in [0.1, 0.15) is 5.82 Å². The van der Waals surface area contributed by atoms with Crippen LogP contribution in [0.5, 0.6) is 0 Å². The molecular weight excluding hydrogens is 340 g/mol. The second-order valence-corrected chi connectivity index (χ2v) is 6.94. The van der Waals surface area contributed by atoms with Crippen LogP contribution in [0.3, 0.4) is 0 Å². The van der Waals surface area contributed by atoms with Crippen LogP contribution >= 0.6 is 27.3 Å². The summed E-state index contributed by atoms with van der Waals surface area (Å²) < 4.78 is 2.79.